The summed E-state index contributed by atoms with van der Waals surface area (Å²) in [5.41, 5.74) is 0. The smallest absolute Gasteiger partial charge is 0.778 e. The Morgan fingerprint density at radius 1 is 1.00 bits per heavy atom. The van der Waals surface area contributed by atoms with Gasteiger partial charge in [0.25, 0.3) is 11.9 Å². The van der Waals surface area contributed by atoms with Crippen molar-refractivity contribution in [3.05, 3.63) is 0 Å². The van der Waals surface area contributed by atoms with E-state index in [-0.39, 0.29) is 17.1 Å². The van der Waals surface area contributed by atoms with Gasteiger partial charge in [0.05, 0.1) is 0 Å². The predicted molar refractivity (Wildman–Crippen MR) is 48.9 cm³/mol. The van der Waals surface area contributed by atoms with Crippen LogP contribution >= 0.6 is 0 Å². The summed E-state index contributed by atoms with van der Waals surface area (Å²) in [6, 6.07) is 0. The first-order chi connectivity index (χ1) is 5.29. The van der Waals surface area contributed by atoms with Crippen LogP contribution in [-0.4, -0.2) is 32.7 Å². The molecule has 81 valence electrons. The van der Waals surface area contributed by atoms with Crippen LogP contribution in [0.25, 0.3) is 0 Å². The molecule has 0 fully saturated rings. The van der Waals surface area contributed by atoms with Crippen LogP contribution in [0.1, 0.15) is 13.8 Å². The Bertz CT molecular complexity index is 143. The number of hydrogen-bond donors (Lipinski definition) is 2. The molecule has 0 heterocycles. The molecule has 0 aromatic rings. The van der Waals surface area contributed by atoms with E-state index in [1.807, 2.05) is 0 Å². The van der Waals surface area contributed by atoms with Crippen molar-refractivity contribution in [2.24, 2.45) is 0 Å². The van der Waals surface area contributed by atoms with E-state index in [0.717, 1.165) is 0 Å². The quantitative estimate of drug-likeness (QED) is 0.545. The van der Waals surface area contributed by atoms with Gasteiger partial charge in [0.15, 0.2) is 0 Å². The van der Waals surface area contributed by atoms with Gasteiger partial charge in [0, 0.05) is 0 Å². The number of rotatable bonds is 2. The zero-order valence-electron chi connectivity index (χ0n) is 6.98. The SMILES string of the molecule is CC([S-])C(=O)O.CC([S-])C(=O)O.[Cu+2]. The van der Waals surface area contributed by atoms with E-state index in [1.54, 1.807) is 0 Å². The fraction of sp³-hybridized carbons (Fsp3) is 0.667. The van der Waals surface area contributed by atoms with Crippen LogP contribution in [-0.2, 0) is 51.9 Å². The zero-order chi connectivity index (χ0) is 10.3. The molecule has 0 aliphatic rings. The van der Waals surface area contributed by atoms with Crippen LogP contribution in [0.15, 0.2) is 0 Å². The molecular weight excluding hydrogens is 264 g/mol. The molecular formula is C6H10CuO4S2. The van der Waals surface area contributed by atoms with Gasteiger partial charge in [0.1, 0.15) is 0 Å². The molecule has 2 atom stereocenters. The maximum Gasteiger partial charge on any atom is 2.00 e. The molecule has 2 N–H and O–H groups in total. The molecule has 0 aliphatic carbocycles. The Morgan fingerprint density at radius 3 is 1.08 bits per heavy atom. The zero-order valence-corrected chi connectivity index (χ0v) is 9.56. The van der Waals surface area contributed by atoms with Crippen molar-refractivity contribution in [2.45, 2.75) is 24.3 Å². The topological polar surface area (TPSA) is 74.6 Å². The molecule has 0 saturated heterocycles. The number of carbonyl (C=O) groups is 2. The van der Waals surface area contributed by atoms with E-state index in [9.17, 15) is 9.59 Å². The minimum atomic E-state index is -0.926. The van der Waals surface area contributed by atoms with E-state index in [2.05, 4.69) is 25.3 Å². The Hall–Kier alpha value is 0.159. The second kappa shape index (κ2) is 10.2. The molecule has 0 aromatic heterocycles. The largest absolute Gasteiger partial charge is 2.00 e. The van der Waals surface area contributed by atoms with Crippen molar-refractivity contribution < 1.29 is 36.9 Å². The van der Waals surface area contributed by atoms with Crippen LogP contribution in [0.4, 0.5) is 0 Å². The van der Waals surface area contributed by atoms with E-state index in [4.69, 9.17) is 10.2 Å². The van der Waals surface area contributed by atoms with Crippen LogP contribution < -0.4 is 0 Å². The fourth-order valence-corrected chi connectivity index (χ4v) is 0. The summed E-state index contributed by atoms with van der Waals surface area (Å²) in [7, 11) is 0. The average Bonchev–Trinajstić information content (AvgIpc) is 1.88. The molecule has 2 unspecified atom stereocenters. The molecule has 4 nitrogen and oxygen atoms in total. The number of aliphatic carboxylic acids is 2. The second-order valence-electron chi connectivity index (χ2n) is 1.96. The van der Waals surface area contributed by atoms with Gasteiger partial charge in [-0.05, 0) is 0 Å². The number of carboxylic acids is 2. The van der Waals surface area contributed by atoms with Gasteiger partial charge >= 0.3 is 17.1 Å². The summed E-state index contributed by atoms with van der Waals surface area (Å²) in [5, 5.41) is 14.5. The van der Waals surface area contributed by atoms with Gasteiger partial charge in [-0.2, -0.15) is 0 Å². The molecule has 0 amide bonds. The van der Waals surface area contributed by atoms with Crippen molar-refractivity contribution >= 4 is 37.2 Å². The van der Waals surface area contributed by atoms with Gasteiger partial charge in [-0.25, -0.2) is 0 Å². The predicted octanol–water partition coefficient (Wildman–Crippen LogP) is 0.0103. The Labute approximate surface area is 98.4 Å². The van der Waals surface area contributed by atoms with Gasteiger partial charge in [0.2, 0.25) is 0 Å². The summed E-state index contributed by atoms with van der Waals surface area (Å²) in [5.74, 6) is -1.85. The Kier molecular flexibility index (Phi) is 14.9. The van der Waals surface area contributed by atoms with E-state index < -0.39 is 22.4 Å². The standard InChI is InChI=1S/2C3H6O2S.Cu/c2*1-2(6)3(4)5;/h2*2,6H,1H3,(H,4,5);/q;;+2/p-2. The fourth-order valence-electron chi connectivity index (χ4n) is 0. The molecule has 0 aromatic carbocycles. The molecule has 0 bridgehead atoms. The summed E-state index contributed by atoms with van der Waals surface area (Å²) >= 11 is 8.61. The second-order valence-corrected chi connectivity index (χ2v) is 3.38. The van der Waals surface area contributed by atoms with Gasteiger partial charge in [-0.15, -0.1) is 0 Å². The van der Waals surface area contributed by atoms with Gasteiger partial charge < -0.3 is 35.5 Å². The third-order valence-electron chi connectivity index (χ3n) is 0.696. The molecule has 0 spiro atoms. The van der Waals surface area contributed by atoms with Crippen molar-refractivity contribution in [2.75, 3.05) is 0 Å². The first-order valence-electron chi connectivity index (χ1n) is 3.06. The van der Waals surface area contributed by atoms with Crippen molar-refractivity contribution in [3.8, 4) is 0 Å². The molecule has 1 radical (unpaired) electrons. The van der Waals surface area contributed by atoms with E-state index in [1.165, 1.54) is 13.8 Å². The van der Waals surface area contributed by atoms with Crippen molar-refractivity contribution in [1.82, 2.24) is 0 Å². The van der Waals surface area contributed by atoms with Gasteiger partial charge in [-0.3, -0.25) is 9.59 Å². The minimum Gasteiger partial charge on any atom is -0.778 e. The first kappa shape index (κ1) is 18.9. The number of carboxylic acid groups (broad SMARTS) is 2. The maximum absolute atomic E-state index is 9.59. The molecule has 0 rings (SSSR count). The van der Waals surface area contributed by atoms with Crippen LogP contribution in [0.2, 0.25) is 0 Å². The van der Waals surface area contributed by atoms with Crippen LogP contribution in [0, 0.1) is 0 Å². The summed E-state index contributed by atoms with van der Waals surface area (Å²) in [6.07, 6.45) is 0. The first-order valence-corrected chi connectivity index (χ1v) is 4.00. The van der Waals surface area contributed by atoms with E-state index >= 15 is 0 Å². The molecule has 0 aliphatic heterocycles. The third-order valence-corrected chi connectivity index (χ3v) is 1.10. The van der Waals surface area contributed by atoms with Crippen molar-refractivity contribution in [3.63, 3.8) is 0 Å². The van der Waals surface area contributed by atoms with Crippen LogP contribution in [0.5, 0.6) is 0 Å². The molecule has 13 heavy (non-hydrogen) atoms. The minimum absolute atomic E-state index is 0. The Morgan fingerprint density at radius 2 is 1.08 bits per heavy atom. The normalized spacial score (nSPS) is 12.6. The summed E-state index contributed by atoms with van der Waals surface area (Å²) in [4.78, 5) is 19.2. The maximum atomic E-state index is 9.59. The average molecular weight is 274 g/mol. The van der Waals surface area contributed by atoms with Crippen LogP contribution in [0.3, 0.4) is 0 Å². The van der Waals surface area contributed by atoms with Gasteiger partial charge in [-0.1, -0.05) is 24.3 Å². The number of hydrogen-bond acceptors (Lipinski definition) is 4. The van der Waals surface area contributed by atoms with Crippen molar-refractivity contribution in [1.29, 1.82) is 0 Å². The Balaban J connectivity index is -0.000000143. The molecule has 0 saturated carbocycles. The summed E-state index contributed by atoms with van der Waals surface area (Å²) < 4.78 is 0. The summed E-state index contributed by atoms with van der Waals surface area (Å²) in [6.45, 7) is 2.91. The monoisotopic (exact) mass is 273 g/mol. The third kappa shape index (κ3) is 18.9. The van der Waals surface area contributed by atoms with E-state index in [0.29, 0.717) is 0 Å². The molecule has 7 heteroatoms.